The Morgan fingerprint density at radius 2 is 2.31 bits per heavy atom. The summed E-state index contributed by atoms with van der Waals surface area (Å²) in [6.07, 6.45) is 2.15. The molecule has 13 heavy (non-hydrogen) atoms. The molecule has 1 aromatic heterocycles. The second kappa shape index (κ2) is 4.14. The van der Waals surface area contributed by atoms with Gasteiger partial charge in [-0.3, -0.25) is 9.78 Å². The zero-order valence-electron chi connectivity index (χ0n) is 7.95. The van der Waals surface area contributed by atoms with E-state index in [1.165, 1.54) is 0 Å². The van der Waals surface area contributed by atoms with E-state index in [0.717, 1.165) is 5.56 Å². The van der Waals surface area contributed by atoms with Crippen molar-refractivity contribution in [1.82, 2.24) is 4.98 Å². The monoisotopic (exact) mass is 178 g/mol. The summed E-state index contributed by atoms with van der Waals surface area (Å²) in [7, 11) is 0. The van der Waals surface area contributed by atoms with Gasteiger partial charge in [-0.1, -0.05) is 13.0 Å². The smallest absolute Gasteiger partial charge is 0.180 e. The molecule has 0 saturated carbocycles. The Morgan fingerprint density at radius 1 is 1.62 bits per heavy atom. The molecule has 0 aromatic carbocycles. The summed E-state index contributed by atoms with van der Waals surface area (Å²) >= 11 is 0. The predicted molar refractivity (Wildman–Crippen MR) is 51.5 cm³/mol. The molecule has 1 rings (SSSR count). The summed E-state index contributed by atoms with van der Waals surface area (Å²) in [5.41, 5.74) is 7.12. The van der Waals surface area contributed by atoms with Crippen molar-refractivity contribution in [2.75, 3.05) is 0 Å². The van der Waals surface area contributed by atoms with Gasteiger partial charge in [-0.25, -0.2) is 0 Å². The summed E-state index contributed by atoms with van der Waals surface area (Å²) < 4.78 is 0. The minimum Gasteiger partial charge on any atom is -0.324 e. The maximum Gasteiger partial charge on any atom is 0.180 e. The lowest BCUT2D eigenvalue weighted by Crippen LogP contribution is -2.07. The third-order valence-corrected chi connectivity index (χ3v) is 1.92. The first-order valence-corrected chi connectivity index (χ1v) is 4.40. The SMILES string of the molecule is CCC(=O)c1ccc(C(C)N)cn1. The highest BCUT2D eigenvalue weighted by Gasteiger charge is 2.05. The van der Waals surface area contributed by atoms with Gasteiger partial charge >= 0.3 is 0 Å². The van der Waals surface area contributed by atoms with E-state index in [2.05, 4.69) is 4.98 Å². The van der Waals surface area contributed by atoms with Crippen molar-refractivity contribution in [2.24, 2.45) is 5.73 Å². The molecular weight excluding hydrogens is 164 g/mol. The molecule has 0 amide bonds. The van der Waals surface area contributed by atoms with Gasteiger partial charge in [0, 0.05) is 18.7 Å². The third kappa shape index (κ3) is 2.36. The number of rotatable bonds is 3. The lowest BCUT2D eigenvalue weighted by molar-refractivity contribution is 0.0983. The number of carbonyl (C=O) groups is 1. The number of Topliss-reactive ketones (excluding diaryl/α,β-unsaturated/α-hetero) is 1. The molecule has 0 aliphatic heterocycles. The molecule has 1 unspecified atom stereocenters. The van der Waals surface area contributed by atoms with E-state index in [4.69, 9.17) is 5.73 Å². The van der Waals surface area contributed by atoms with Gasteiger partial charge in [-0.05, 0) is 18.6 Å². The highest BCUT2D eigenvalue weighted by molar-refractivity contribution is 5.93. The van der Waals surface area contributed by atoms with E-state index in [-0.39, 0.29) is 11.8 Å². The van der Waals surface area contributed by atoms with E-state index >= 15 is 0 Å². The highest BCUT2D eigenvalue weighted by Crippen LogP contribution is 2.08. The van der Waals surface area contributed by atoms with Crippen molar-refractivity contribution < 1.29 is 4.79 Å². The number of carbonyl (C=O) groups excluding carboxylic acids is 1. The van der Waals surface area contributed by atoms with Crippen LogP contribution in [0.2, 0.25) is 0 Å². The fourth-order valence-corrected chi connectivity index (χ4v) is 1.02. The van der Waals surface area contributed by atoms with Crippen molar-refractivity contribution >= 4 is 5.78 Å². The molecule has 1 heterocycles. The molecule has 0 aliphatic carbocycles. The fourth-order valence-electron chi connectivity index (χ4n) is 1.02. The van der Waals surface area contributed by atoms with Crippen LogP contribution in [-0.2, 0) is 0 Å². The van der Waals surface area contributed by atoms with Crippen LogP contribution in [0.4, 0.5) is 0 Å². The molecule has 3 heteroatoms. The molecule has 0 saturated heterocycles. The Morgan fingerprint density at radius 3 is 2.69 bits per heavy atom. The zero-order valence-corrected chi connectivity index (χ0v) is 7.95. The molecule has 3 nitrogen and oxygen atoms in total. The van der Waals surface area contributed by atoms with E-state index < -0.39 is 0 Å². The van der Waals surface area contributed by atoms with Gasteiger partial charge in [0.1, 0.15) is 5.69 Å². The number of nitrogens with zero attached hydrogens (tertiary/aromatic N) is 1. The first-order chi connectivity index (χ1) is 6.15. The molecule has 0 fully saturated rings. The Kier molecular flexibility index (Phi) is 3.14. The summed E-state index contributed by atoms with van der Waals surface area (Å²) in [4.78, 5) is 15.2. The molecule has 70 valence electrons. The Balaban J connectivity index is 2.87. The van der Waals surface area contributed by atoms with E-state index in [1.807, 2.05) is 19.9 Å². The summed E-state index contributed by atoms with van der Waals surface area (Å²) in [5.74, 6) is 0.0659. The molecular formula is C10H14N2O. The average Bonchev–Trinajstić information content (AvgIpc) is 2.17. The van der Waals surface area contributed by atoms with Crippen LogP contribution in [0.3, 0.4) is 0 Å². The standard InChI is InChI=1S/C10H14N2O/c1-3-10(13)9-5-4-8(6-12-9)7(2)11/h4-7H,3,11H2,1-2H3. The summed E-state index contributed by atoms with van der Waals surface area (Å²) in [5, 5.41) is 0. The van der Waals surface area contributed by atoms with Crippen LogP contribution >= 0.6 is 0 Å². The molecule has 1 atom stereocenters. The minimum atomic E-state index is -0.0294. The number of hydrogen-bond acceptors (Lipinski definition) is 3. The van der Waals surface area contributed by atoms with Gasteiger partial charge in [-0.15, -0.1) is 0 Å². The maximum atomic E-state index is 11.2. The van der Waals surface area contributed by atoms with Gasteiger partial charge in [-0.2, -0.15) is 0 Å². The first kappa shape index (κ1) is 9.86. The number of hydrogen-bond donors (Lipinski definition) is 1. The van der Waals surface area contributed by atoms with Crippen LogP contribution in [-0.4, -0.2) is 10.8 Å². The average molecular weight is 178 g/mol. The van der Waals surface area contributed by atoms with Crippen LogP contribution in [0.1, 0.15) is 42.4 Å². The fraction of sp³-hybridized carbons (Fsp3) is 0.400. The Labute approximate surface area is 78.0 Å². The molecule has 0 spiro atoms. The van der Waals surface area contributed by atoms with Crippen molar-refractivity contribution in [1.29, 1.82) is 0 Å². The number of pyridine rings is 1. The Bertz CT molecular complexity index is 290. The van der Waals surface area contributed by atoms with Gasteiger partial charge in [0.15, 0.2) is 5.78 Å². The second-order valence-electron chi connectivity index (χ2n) is 3.04. The number of aromatic nitrogens is 1. The maximum absolute atomic E-state index is 11.2. The topological polar surface area (TPSA) is 56.0 Å². The largest absolute Gasteiger partial charge is 0.324 e. The van der Waals surface area contributed by atoms with Crippen molar-refractivity contribution in [2.45, 2.75) is 26.3 Å². The second-order valence-corrected chi connectivity index (χ2v) is 3.04. The molecule has 1 aromatic rings. The number of nitrogens with two attached hydrogens (primary N) is 1. The van der Waals surface area contributed by atoms with Gasteiger partial charge in [0.05, 0.1) is 0 Å². The molecule has 0 bridgehead atoms. The zero-order chi connectivity index (χ0) is 9.84. The lowest BCUT2D eigenvalue weighted by atomic mass is 10.1. The number of ketones is 1. The van der Waals surface area contributed by atoms with Crippen LogP contribution in [0.15, 0.2) is 18.3 Å². The van der Waals surface area contributed by atoms with Crippen LogP contribution < -0.4 is 5.73 Å². The minimum absolute atomic E-state index is 0.0294. The van der Waals surface area contributed by atoms with Gasteiger partial charge in [0.25, 0.3) is 0 Å². The van der Waals surface area contributed by atoms with Crippen molar-refractivity contribution in [3.8, 4) is 0 Å². The summed E-state index contributed by atoms with van der Waals surface area (Å²) in [6, 6.07) is 3.55. The first-order valence-electron chi connectivity index (χ1n) is 4.40. The molecule has 2 N–H and O–H groups in total. The van der Waals surface area contributed by atoms with Crippen LogP contribution in [0.25, 0.3) is 0 Å². The van der Waals surface area contributed by atoms with E-state index in [9.17, 15) is 4.79 Å². The quantitative estimate of drug-likeness (QED) is 0.716. The third-order valence-electron chi connectivity index (χ3n) is 1.92. The van der Waals surface area contributed by atoms with Gasteiger partial charge < -0.3 is 5.73 Å². The van der Waals surface area contributed by atoms with Gasteiger partial charge in [0.2, 0.25) is 0 Å². The predicted octanol–water partition coefficient (Wildman–Crippen LogP) is 1.69. The molecule has 0 radical (unpaired) electrons. The van der Waals surface area contributed by atoms with Crippen molar-refractivity contribution in [3.63, 3.8) is 0 Å². The summed E-state index contributed by atoms with van der Waals surface area (Å²) in [6.45, 7) is 3.71. The Hall–Kier alpha value is -1.22. The lowest BCUT2D eigenvalue weighted by Gasteiger charge is -2.04. The van der Waals surface area contributed by atoms with Crippen LogP contribution in [0, 0.1) is 0 Å². The molecule has 0 aliphatic rings. The van der Waals surface area contributed by atoms with E-state index in [0.29, 0.717) is 12.1 Å². The van der Waals surface area contributed by atoms with E-state index in [1.54, 1.807) is 12.3 Å². The van der Waals surface area contributed by atoms with Crippen molar-refractivity contribution in [3.05, 3.63) is 29.6 Å². The normalized spacial score (nSPS) is 12.5. The highest BCUT2D eigenvalue weighted by atomic mass is 16.1. The van der Waals surface area contributed by atoms with Crippen LogP contribution in [0.5, 0.6) is 0 Å².